The van der Waals surface area contributed by atoms with Crippen molar-refractivity contribution in [2.75, 3.05) is 17.3 Å². The molecule has 1 N–H and O–H groups in total. The highest BCUT2D eigenvalue weighted by Crippen LogP contribution is 2.35. The quantitative estimate of drug-likeness (QED) is 0.904. The summed E-state index contributed by atoms with van der Waals surface area (Å²) < 4.78 is 5.71. The van der Waals surface area contributed by atoms with Crippen LogP contribution in [0.2, 0.25) is 0 Å². The number of hydrogen-bond donors (Lipinski definition) is 1. The maximum absolute atomic E-state index is 10.3. The Labute approximate surface area is 109 Å². The summed E-state index contributed by atoms with van der Waals surface area (Å²) in [4.78, 5) is 0. The van der Waals surface area contributed by atoms with Gasteiger partial charge in [0.2, 0.25) is 0 Å². The molecule has 0 aliphatic carbocycles. The van der Waals surface area contributed by atoms with Crippen molar-refractivity contribution in [1.29, 1.82) is 0 Å². The van der Waals surface area contributed by atoms with Gasteiger partial charge in [0.25, 0.3) is 0 Å². The summed E-state index contributed by atoms with van der Waals surface area (Å²) in [6.07, 6.45) is -0.486. The van der Waals surface area contributed by atoms with Gasteiger partial charge in [0.1, 0.15) is 17.4 Å². The summed E-state index contributed by atoms with van der Waals surface area (Å²) in [5, 5.41) is 11.6. The molecule has 1 aromatic heterocycles. The number of hydrogen-bond acceptors (Lipinski definition) is 4. The maximum atomic E-state index is 10.3. The van der Waals surface area contributed by atoms with E-state index in [4.69, 9.17) is 4.42 Å². The van der Waals surface area contributed by atoms with Gasteiger partial charge in [-0.05, 0) is 12.1 Å². The van der Waals surface area contributed by atoms with Crippen molar-refractivity contribution >= 4 is 34.5 Å². The van der Waals surface area contributed by atoms with Crippen LogP contribution in [-0.4, -0.2) is 27.6 Å². The summed E-state index contributed by atoms with van der Waals surface area (Å²) in [5.41, 5.74) is 0.856. The van der Waals surface area contributed by atoms with Crippen molar-refractivity contribution in [3.05, 3.63) is 36.1 Å². The van der Waals surface area contributed by atoms with Gasteiger partial charge in [-0.2, -0.15) is 23.5 Å². The van der Waals surface area contributed by atoms with Crippen LogP contribution in [0, 0.1) is 0 Å². The van der Waals surface area contributed by atoms with E-state index in [1.165, 1.54) is 5.75 Å². The van der Waals surface area contributed by atoms with E-state index in [0.717, 1.165) is 22.5 Å². The Balaban J connectivity index is 1.86. The van der Waals surface area contributed by atoms with Gasteiger partial charge in [-0.3, -0.25) is 0 Å². The van der Waals surface area contributed by atoms with Crippen LogP contribution >= 0.6 is 23.5 Å². The fraction of sp³-hybridized carbons (Fsp3) is 0.385. The molecule has 0 saturated carbocycles. The molecule has 2 aromatic rings. The zero-order valence-corrected chi connectivity index (χ0v) is 11.0. The van der Waals surface area contributed by atoms with E-state index in [9.17, 15) is 5.11 Å². The van der Waals surface area contributed by atoms with Crippen LogP contribution in [0.15, 0.2) is 34.7 Å². The smallest absolute Gasteiger partial charge is 0.134 e. The summed E-state index contributed by atoms with van der Waals surface area (Å²) in [7, 11) is 0. The van der Waals surface area contributed by atoms with Crippen molar-refractivity contribution in [1.82, 2.24) is 0 Å². The van der Waals surface area contributed by atoms with Gasteiger partial charge in [0, 0.05) is 27.9 Å². The Morgan fingerprint density at radius 3 is 2.94 bits per heavy atom. The zero-order valence-electron chi connectivity index (χ0n) is 9.33. The molecule has 1 aliphatic heterocycles. The molecule has 1 aliphatic rings. The molecule has 2 atom stereocenters. The van der Waals surface area contributed by atoms with Gasteiger partial charge >= 0.3 is 0 Å². The van der Waals surface area contributed by atoms with Crippen LogP contribution in [0.5, 0.6) is 0 Å². The van der Waals surface area contributed by atoms with Gasteiger partial charge in [0.15, 0.2) is 0 Å². The summed E-state index contributed by atoms with van der Waals surface area (Å²) in [6.45, 7) is 0. The minimum Gasteiger partial charge on any atom is -0.458 e. The summed E-state index contributed by atoms with van der Waals surface area (Å²) in [5.74, 6) is 4.01. The Bertz CT molecular complexity index is 470. The Kier molecular flexibility index (Phi) is 3.36. The fourth-order valence-electron chi connectivity index (χ4n) is 2.02. The molecule has 0 radical (unpaired) electrons. The van der Waals surface area contributed by atoms with E-state index in [2.05, 4.69) is 0 Å². The van der Waals surface area contributed by atoms with E-state index in [1.807, 2.05) is 53.9 Å². The highest BCUT2D eigenvalue weighted by atomic mass is 32.2. The molecule has 1 aromatic carbocycles. The lowest BCUT2D eigenvalue weighted by molar-refractivity contribution is 0.154. The maximum Gasteiger partial charge on any atom is 0.134 e. The largest absolute Gasteiger partial charge is 0.458 e. The van der Waals surface area contributed by atoms with Crippen molar-refractivity contribution in [2.45, 2.75) is 11.4 Å². The molecular formula is C13H14O2S2. The van der Waals surface area contributed by atoms with Crippen LogP contribution < -0.4 is 0 Å². The number of para-hydroxylation sites is 1. The molecule has 2 unspecified atom stereocenters. The monoisotopic (exact) mass is 266 g/mol. The molecule has 0 spiro atoms. The lowest BCUT2D eigenvalue weighted by Gasteiger charge is -2.24. The van der Waals surface area contributed by atoms with Gasteiger partial charge in [-0.15, -0.1) is 0 Å². The Morgan fingerprint density at radius 2 is 2.18 bits per heavy atom. The lowest BCUT2D eigenvalue weighted by atomic mass is 10.2. The number of aliphatic hydroxyl groups excluding tert-OH is 1. The number of furan rings is 1. The molecule has 1 saturated heterocycles. The molecule has 90 valence electrons. The SMILES string of the molecule is OC(c1cc2ccccc2o1)C1CSCCS1. The lowest BCUT2D eigenvalue weighted by Crippen LogP contribution is -2.21. The van der Waals surface area contributed by atoms with Gasteiger partial charge in [-0.1, -0.05) is 18.2 Å². The summed E-state index contributed by atoms with van der Waals surface area (Å²) >= 11 is 3.76. The highest BCUT2D eigenvalue weighted by molar-refractivity contribution is 8.06. The third kappa shape index (κ3) is 2.34. The second kappa shape index (κ2) is 4.96. The minimum absolute atomic E-state index is 0.259. The first kappa shape index (κ1) is 11.5. The number of fused-ring (bicyclic) bond motifs is 1. The molecule has 2 nitrogen and oxygen atoms in total. The average molecular weight is 266 g/mol. The average Bonchev–Trinajstić information content (AvgIpc) is 2.82. The number of benzene rings is 1. The Morgan fingerprint density at radius 1 is 1.29 bits per heavy atom. The van der Waals surface area contributed by atoms with E-state index in [0.29, 0.717) is 5.76 Å². The number of thioether (sulfide) groups is 2. The van der Waals surface area contributed by atoms with E-state index in [-0.39, 0.29) is 5.25 Å². The molecular weight excluding hydrogens is 252 g/mol. The Hall–Kier alpha value is -0.580. The standard InChI is InChI=1S/C13H14O2S2/c14-13(12-8-16-5-6-17-12)11-7-9-3-1-2-4-10(9)15-11/h1-4,7,12-14H,5-6,8H2. The first-order valence-corrected chi connectivity index (χ1v) is 7.91. The van der Waals surface area contributed by atoms with Crippen molar-refractivity contribution in [3.8, 4) is 0 Å². The predicted molar refractivity (Wildman–Crippen MR) is 74.7 cm³/mol. The summed E-state index contributed by atoms with van der Waals surface area (Å²) in [6, 6.07) is 9.85. The first-order chi connectivity index (χ1) is 8.34. The molecule has 2 heterocycles. The predicted octanol–water partition coefficient (Wildman–Crippen LogP) is 3.31. The van der Waals surface area contributed by atoms with Crippen LogP contribution in [0.4, 0.5) is 0 Å². The van der Waals surface area contributed by atoms with Crippen molar-refractivity contribution in [3.63, 3.8) is 0 Å². The van der Waals surface area contributed by atoms with E-state index >= 15 is 0 Å². The molecule has 0 bridgehead atoms. The van der Waals surface area contributed by atoms with Crippen LogP contribution in [0.25, 0.3) is 11.0 Å². The second-order valence-electron chi connectivity index (χ2n) is 4.12. The van der Waals surface area contributed by atoms with Crippen LogP contribution in [-0.2, 0) is 0 Å². The topological polar surface area (TPSA) is 33.4 Å². The minimum atomic E-state index is -0.486. The molecule has 3 rings (SSSR count). The van der Waals surface area contributed by atoms with Gasteiger partial charge in [0.05, 0.1) is 0 Å². The third-order valence-electron chi connectivity index (χ3n) is 2.93. The molecule has 4 heteroatoms. The zero-order chi connectivity index (χ0) is 11.7. The second-order valence-corrected chi connectivity index (χ2v) is 6.61. The highest BCUT2D eigenvalue weighted by Gasteiger charge is 2.26. The molecule has 17 heavy (non-hydrogen) atoms. The van der Waals surface area contributed by atoms with Crippen molar-refractivity contribution in [2.24, 2.45) is 0 Å². The molecule has 0 amide bonds. The van der Waals surface area contributed by atoms with Gasteiger partial charge in [-0.25, -0.2) is 0 Å². The van der Waals surface area contributed by atoms with E-state index in [1.54, 1.807) is 0 Å². The van der Waals surface area contributed by atoms with Crippen molar-refractivity contribution < 1.29 is 9.52 Å². The van der Waals surface area contributed by atoms with Crippen LogP contribution in [0.1, 0.15) is 11.9 Å². The normalized spacial score (nSPS) is 22.8. The fourth-order valence-corrected chi connectivity index (χ4v) is 4.75. The van der Waals surface area contributed by atoms with Gasteiger partial charge < -0.3 is 9.52 Å². The van der Waals surface area contributed by atoms with E-state index < -0.39 is 6.10 Å². The third-order valence-corrected chi connectivity index (χ3v) is 5.78. The van der Waals surface area contributed by atoms with Crippen LogP contribution in [0.3, 0.4) is 0 Å². The molecule has 1 fully saturated rings. The number of rotatable bonds is 2. The number of aliphatic hydroxyl groups is 1. The first-order valence-electron chi connectivity index (χ1n) is 5.70.